The standard InChI is InChI=1S/C13H14ClNO3S/c14-9-1-3-10(4-2-9)19-8-7-15-11(16)13(5-6-13)12(17)18/h1-4H,5-8H2,(H,15,16)(H,17,18). The zero-order valence-corrected chi connectivity index (χ0v) is 11.8. The van der Waals surface area contributed by atoms with Gasteiger partial charge in [-0.25, -0.2) is 0 Å². The van der Waals surface area contributed by atoms with Crippen LogP contribution in [-0.2, 0) is 9.59 Å². The molecular weight excluding hydrogens is 286 g/mol. The minimum absolute atomic E-state index is 0.364. The van der Waals surface area contributed by atoms with Crippen LogP contribution in [0.15, 0.2) is 29.2 Å². The molecule has 1 amide bonds. The quantitative estimate of drug-likeness (QED) is 0.481. The van der Waals surface area contributed by atoms with E-state index < -0.39 is 11.4 Å². The Morgan fingerprint density at radius 3 is 2.47 bits per heavy atom. The van der Waals surface area contributed by atoms with Gasteiger partial charge in [0.1, 0.15) is 5.41 Å². The molecule has 0 radical (unpaired) electrons. The van der Waals surface area contributed by atoms with E-state index in [4.69, 9.17) is 16.7 Å². The molecule has 0 atom stereocenters. The van der Waals surface area contributed by atoms with E-state index in [9.17, 15) is 9.59 Å². The third-order valence-corrected chi connectivity index (χ3v) is 4.33. The van der Waals surface area contributed by atoms with E-state index in [1.54, 1.807) is 11.8 Å². The second kappa shape index (κ2) is 5.84. The molecule has 19 heavy (non-hydrogen) atoms. The number of nitrogens with one attached hydrogen (secondary N) is 1. The molecule has 102 valence electrons. The van der Waals surface area contributed by atoms with Gasteiger partial charge in [-0.2, -0.15) is 0 Å². The first kappa shape index (κ1) is 14.2. The molecule has 1 aliphatic carbocycles. The molecule has 1 aromatic carbocycles. The van der Waals surface area contributed by atoms with Crippen molar-refractivity contribution in [3.8, 4) is 0 Å². The van der Waals surface area contributed by atoms with Gasteiger partial charge in [-0.05, 0) is 37.1 Å². The number of carbonyl (C=O) groups is 2. The lowest BCUT2D eigenvalue weighted by Crippen LogP contribution is -2.38. The third kappa shape index (κ3) is 3.42. The van der Waals surface area contributed by atoms with Gasteiger partial charge < -0.3 is 10.4 Å². The Bertz CT molecular complexity index is 485. The van der Waals surface area contributed by atoms with Gasteiger partial charge in [-0.15, -0.1) is 11.8 Å². The summed E-state index contributed by atoms with van der Waals surface area (Å²) in [6.45, 7) is 0.459. The van der Waals surface area contributed by atoms with Crippen LogP contribution in [0.2, 0.25) is 5.02 Å². The highest BCUT2D eigenvalue weighted by Gasteiger charge is 2.56. The lowest BCUT2D eigenvalue weighted by Gasteiger charge is -2.10. The number of halogens is 1. The summed E-state index contributed by atoms with van der Waals surface area (Å²) in [6, 6.07) is 7.45. The molecule has 0 saturated heterocycles. The van der Waals surface area contributed by atoms with Crippen molar-refractivity contribution in [3.05, 3.63) is 29.3 Å². The fraction of sp³-hybridized carbons (Fsp3) is 0.385. The second-order valence-electron chi connectivity index (χ2n) is 4.45. The summed E-state index contributed by atoms with van der Waals surface area (Å²) in [4.78, 5) is 23.7. The number of amides is 1. The van der Waals surface area contributed by atoms with Crippen molar-refractivity contribution in [2.45, 2.75) is 17.7 Å². The van der Waals surface area contributed by atoms with Gasteiger partial charge in [-0.1, -0.05) is 11.6 Å². The smallest absolute Gasteiger partial charge is 0.319 e. The lowest BCUT2D eigenvalue weighted by molar-refractivity contribution is -0.148. The van der Waals surface area contributed by atoms with Crippen LogP contribution in [0.5, 0.6) is 0 Å². The Labute approximate surface area is 120 Å². The molecular formula is C13H14ClNO3S. The SMILES string of the molecule is O=C(O)C1(C(=O)NCCSc2ccc(Cl)cc2)CC1. The first-order chi connectivity index (χ1) is 9.04. The summed E-state index contributed by atoms with van der Waals surface area (Å²) in [5, 5.41) is 12.3. The molecule has 6 heteroatoms. The monoisotopic (exact) mass is 299 g/mol. The highest BCUT2D eigenvalue weighted by Crippen LogP contribution is 2.46. The van der Waals surface area contributed by atoms with E-state index in [0.29, 0.717) is 30.2 Å². The maximum atomic E-state index is 11.7. The maximum Gasteiger partial charge on any atom is 0.319 e. The highest BCUT2D eigenvalue weighted by atomic mass is 35.5. The minimum atomic E-state index is -1.15. The van der Waals surface area contributed by atoms with Crippen molar-refractivity contribution >= 4 is 35.2 Å². The molecule has 1 aliphatic rings. The number of hydrogen-bond acceptors (Lipinski definition) is 3. The predicted octanol–water partition coefficient (Wildman–Crippen LogP) is 2.41. The first-order valence-electron chi connectivity index (χ1n) is 5.95. The third-order valence-electron chi connectivity index (χ3n) is 3.06. The van der Waals surface area contributed by atoms with Gasteiger partial charge >= 0.3 is 5.97 Å². The van der Waals surface area contributed by atoms with Gasteiger partial charge in [0.2, 0.25) is 5.91 Å². The van der Waals surface area contributed by atoms with E-state index in [-0.39, 0.29) is 5.91 Å². The minimum Gasteiger partial charge on any atom is -0.480 e. The lowest BCUT2D eigenvalue weighted by atomic mass is 10.1. The molecule has 2 N–H and O–H groups in total. The Morgan fingerprint density at radius 1 is 1.32 bits per heavy atom. The summed E-state index contributed by atoms with van der Waals surface area (Å²) >= 11 is 7.37. The Hall–Kier alpha value is -1.20. The van der Waals surface area contributed by atoms with Gasteiger partial charge in [-0.3, -0.25) is 9.59 Å². The fourth-order valence-corrected chi connectivity index (χ4v) is 2.59. The molecule has 0 unspecified atom stereocenters. The Kier molecular flexibility index (Phi) is 4.37. The first-order valence-corrected chi connectivity index (χ1v) is 7.31. The molecule has 0 heterocycles. The molecule has 2 rings (SSSR count). The van der Waals surface area contributed by atoms with Crippen molar-refractivity contribution in [1.29, 1.82) is 0 Å². The Morgan fingerprint density at radius 2 is 1.95 bits per heavy atom. The summed E-state index contributed by atoms with van der Waals surface area (Å²) in [5.74, 6) is -0.685. The molecule has 0 aromatic heterocycles. The number of carboxylic acids is 1. The number of hydrogen-bond donors (Lipinski definition) is 2. The van der Waals surface area contributed by atoms with Crippen molar-refractivity contribution in [2.24, 2.45) is 5.41 Å². The zero-order chi connectivity index (χ0) is 13.9. The summed E-state index contributed by atoms with van der Waals surface area (Å²) in [6.07, 6.45) is 0.886. The van der Waals surface area contributed by atoms with Crippen LogP contribution in [0.3, 0.4) is 0 Å². The number of carbonyl (C=O) groups excluding carboxylic acids is 1. The normalized spacial score (nSPS) is 15.8. The van der Waals surface area contributed by atoms with Gasteiger partial charge in [0, 0.05) is 22.2 Å². The topological polar surface area (TPSA) is 66.4 Å². The fourth-order valence-electron chi connectivity index (χ4n) is 1.70. The van der Waals surface area contributed by atoms with Gasteiger partial charge in [0.05, 0.1) is 0 Å². The number of rotatable bonds is 6. The average molecular weight is 300 g/mol. The van der Waals surface area contributed by atoms with Crippen molar-refractivity contribution in [2.75, 3.05) is 12.3 Å². The summed E-state index contributed by atoms with van der Waals surface area (Å²) < 4.78 is 0. The second-order valence-corrected chi connectivity index (χ2v) is 6.05. The van der Waals surface area contributed by atoms with Crippen LogP contribution in [0.25, 0.3) is 0 Å². The molecule has 1 fully saturated rings. The van der Waals surface area contributed by atoms with Crippen molar-refractivity contribution in [1.82, 2.24) is 5.32 Å². The molecule has 0 spiro atoms. The van der Waals surface area contributed by atoms with Gasteiger partial charge in [0.15, 0.2) is 0 Å². The van der Waals surface area contributed by atoms with E-state index in [1.807, 2.05) is 24.3 Å². The maximum absolute atomic E-state index is 11.7. The largest absolute Gasteiger partial charge is 0.480 e. The number of carboxylic acid groups (broad SMARTS) is 1. The van der Waals surface area contributed by atoms with E-state index in [1.165, 1.54) is 0 Å². The number of benzene rings is 1. The number of thioether (sulfide) groups is 1. The van der Waals surface area contributed by atoms with Crippen LogP contribution < -0.4 is 5.32 Å². The molecule has 1 saturated carbocycles. The van der Waals surface area contributed by atoms with E-state index in [0.717, 1.165) is 4.90 Å². The van der Waals surface area contributed by atoms with Crippen LogP contribution in [0.1, 0.15) is 12.8 Å². The number of aliphatic carboxylic acids is 1. The van der Waals surface area contributed by atoms with E-state index >= 15 is 0 Å². The highest BCUT2D eigenvalue weighted by molar-refractivity contribution is 7.99. The summed E-state index contributed by atoms with van der Waals surface area (Å²) in [7, 11) is 0. The van der Waals surface area contributed by atoms with Crippen LogP contribution in [-0.4, -0.2) is 29.3 Å². The summed E-state index contributed by atoms with van der Waals surface area (Å²) in [5.41, 5.74) is -1.15. The Balaban J connectivity index is 1.71. The molecule has 0 bridgehead atoms. The van der Waals surface area contributed by atoms with Crippen LogP contribution in [0.4, 0.5) is 0 Å². The average Bonchev–Trinajstić information content (AvgIpc) is 3.18. The van der Waals surface area contributed by atoms with E-state index in [2.05, 4.69) is 5.32 Å². The molecule has 1 aromatic rings. The van der Waals surface area contributed by atoms with Crippen molar-refractivity contribution in [3.63, 3.8) is 0 Å². The van der Waals surface area contributed by atoms with Gasteiger partial charge in [0.25, 0.3) is 0 Å². The van der Waals surface area contributed by atoms with Crippen LogP contribution >= 0.6 is 23.4 Å². The van der Waals surface area contributed by atoms with Crippen LogP contribution in [0, 0.1) is 5.41 Å². The predicted molar refractivity (Wildman–Crippen MR) is 74.5 cm³/mol. The molecule has 4 nitrogen and oxygen atoms in total. The van der Waals surface area contributed by atoms with Crippen molar-refractivity contribution < 1.29 is 14.7 Å². The molecule has 0 aliphatic heterocycles. The zero-order valence-electron chi connectivity index (χ0n) is 10.2.